The summed E-state index contributed by atoms with van der Waals surface area (Å²) >= 11 is 0. The lowest BCUT2D eigenvalue weighted by atomic mass is 9.82. The third-order valence-electron chi connectivity index (χ3n) is 3.69. The van der Waals surface area contributed by atoms with Crippen molar-refractivity contribution < 1.29 is 14.6 Å². The maximum atomic E-state index is 11.9. The van der Waals surface area contributed by atoms with Gasteiger partial charge in [-0.3, -0.25) is 4.79 Å². The van der Waals surface area contributed by atoms with Crippen LogP contribution in [0.5, 0.6) is 5.75 Å². The van der Waals surface area contributed by atoms with E-state index in [0.717, 1.165) is 31.6 Å². The SMILES string of the molecule is CC1(CNC(=O)Cc2cccc(O)c2)CCOCC1. The van der Waals surface area contributed by atoms with Crippen LogP contribution in [0.2, 0.25) is 0 Å². The van der Waals surface area contributed by atoms with Crippen molar-refractivity contribution in [2.24, 2.45) is 5.41 Å². The summed E-state index contributed by atoms with van der Waals surface area (Å²) < 4.78 is 5.34. The zero-order valence-electron chi connectivity index (χ0n) is 11.3. The maximum Gasteiger partial charge on any atom is 0.224 e. The average molecular weight is 263 g/mol. The highest BCUT2D eigenvalue weighted by Crippen LogP contribution is 2.28. The molecule has 1 aliphatic heterocycles. The Hall–Kier alpha value is -1.55. The molecule has 1 heterocycles. The van der Waals surface area contributed by atoms with Gasteiger partial charge >= 0.3 is 0 Å². The number of benzene rings is 1. The Morgan fingerprint density at radius 2 is 2.16 bits per heavy atom. The first kappa shape index (κ1) is 13.9. The normalized spacial score (nSPS) is 17.9. The Morgan fingerprint density at radius 3 is 2.84 bits per heavy atom. The minimum atomic E-state index is -0.00156. The monoisotopic (exact) mass is 263 g/mol. The number of rotatable bonds is 4. The number of ether oxygens (including phenoxy) is 1. The predicted octanol–water partition coefficient (Wildman–Crippen LogP) is 1.87. The largest absolute Gasteiger partial charge is 0.508 e. The lowest BCUT2D eigenvalue weighted by molar-refractivity contribution is -0.121. The number of nitrogens with one attached hydrogen (secondary N) is 1. The standard InChI is InChI=1S/C15H21NO3/c1-15(5-7-19-8-6-15)11-16-14(18)10-12-3-2-4-13(17)9-12/h2-4,9,17H,5-8,10-11H2,1H3,(H,16,18). The smallest absolute Gasteiger partial charge is 0.224 e. The van der Waals surface area contributed by atoms with Gasteiger partial charge in [-0.05, 0) is 36.0 Å². The number of aromatic hydroxyl groups is 1. The van der Waals surface area contributed by atoms with Crippen molar-refractivity contribution in [3.8, 4) is 5.75 Å². The predicted molar refractivity (Wildman–Crippen MR) is 73.0 cm³/mol. The Labute approximate surface area is 113 Å². The summed E-state index contributed by atoms with van der Waals surface area (Å²) in [4.78, 5) is 11.9. The minimum absolute atomic E-state index is 0.00156. The zero-order valence-corrected chi connectivity index (χ0v) is 11.3. The van der Waals surface area contributed by atoms with Gasteiger partial charge in [-0.2, -0.15) is 0 Å². The molecular formula is C15H21NO3. The molecule has 0 unspecified atom stereocenters. The quantitative estimate of drug-likeness (QED) is 0.872. The fraction of sp³-hybridized carbons (Fsp3) is 0.533. The number of carbonyl (C=O) groups excluding carboxylic acids is 1. The van der Waals surface area contributed by atoms with Crippen LogP contribution in [-0.2, 0) is 16.0 Å². The molecule has 19 heavy (non-hydrogen) atoms. The molecule has 4 nitrogen and oxygen atoms in total. The minimum Gasteiger partial charge on any atom is -0.508 e. The molecule has 1 amide bonds. The number of phenolic OH excluding ortho intramolecular Hbond substituents is 1. The van der Waals surface area contributed by atoms with Gasteiger partial charge in [0, 0.05) is 19.8 Å². The van der Waals surface area contributed by atoms with Crippen LogP contribution >= 0.6 is 0 Å². The van der Waals surface area contributed by atoms with Crippen molar-refractivity contribution in [2.45, 2.75) is 26.2 Å². The van der Waals surface area contributed by atoms with Crippen LogP contribution in [-0.4, -0.2) is 30.8 Å². The highest BCUT2D eigenvalue weighted by atomic mass is 16.5. The fourth-order valence-corrected chi connectivity index (χ4v) is 2.27. The van der Waals surface area contributed by atoms with Gasteiger partial charge < -0.3 is 15.2 Å². The molecule has 0 saturated carbocycles. The van der Waals surface area contributed by atoms with Crippen molar-refractivity contribution in [1.82, 2.24) is 5.32 Å². The molecule has 1 aliphatic rings. The van der Waals surface area contributed by atoms with Crippen molar-refractivity contribution in [1.29, 1.82) is 0 Å². The first-order valence-corrected chi connectivity index (χ1v) is 6.70. The molecule has 0 spiro atoms. The zero-order chi connectivity index (χ0) is 13.7. The summed E-state index contributed by atoms with van der Waals surface area (Å²) in [6.07, 6.45) is 2.28. The average Bonchev–Trinajstić information content (AvgIpc) is 2.38. The van der Waals surface area contributed by atoms with Gasteiger partial charge in [0.1, 0.15) is 5.75 Å². The molecule has 1 fully saturated rings. The van der Waals surface area contributed by atoms with Crippen LogP contribution < -0.4 is 5.32 Å². The second-order valence-corrected chi connectivity index (χ2v) is 5.55. The van der Waals surface area contributed by atoms with Crippen LogP contribution in [0.15, 0.2) is 24.3 Å². The van der Waals surface area contributed by atoms with Gasteiger partial charge in [-0.15, -0.1) is 0 Å². The van der Waals surface area contributed by atoms with E-state index in [0.29, 0.717) is 13.0 Å². The van der Waals surface area contributed by atoms with E-state index in [1.165, 1.54) is 0 Å². The summed E-state index contributed by atoms with van der Waals surface area (Å²) in [5.41, 5.74) is 0.974. The lowest BCUT2D eigenvalue weighted by Gasteiger charge is -2.33. The highest BCUT2D eigenvalue weighted by Gasteiger charge is 2.27. The number of phenols is 1. The Morgan fingerprint density at radius 1 is 1.42 bits per heavy atom. The van der Waals surface area contributed by atoms with Crippen LogP contribution in [0.3, 0.4) is 0 Å². The third-order valence-corrected chi connectivity index (χ3v) is 3.69. The van der Waals surface area contributed by atoms with E-state index in [4.69, 9.17) is 4.74 Å². The second kappa shape index (κ2) is 6.06. The molecule has 1 aromatic carbocycles. The van der Waals surface area contributed by atoms with Gasteiger partial charge in [0.05, 0.1) is 6.42 Å². The first-order valence-electron chi connectivity index (χ1n) is 6.70. The number of hydrogen-bond acceptors (Lipinski definition) is 3. The third kappa shape index (κ3) is 4.24. The van der Waals surface area contributed by atoms with E-state index >= 15 is 0 Å². The topological polar surface area (TPSA) is 58.6 Å². The number of amides is 1. The molecule has 1 saturated heterocycles. The van der Waals surface area contributed by atoms with Crippen molar-refractivity contribution in [3.05, 3.63) is 29.8 Å². The van der Waals surface area contributed by atoms with Crippen LogP contribution in [0.4, 0.5) is 0 Å². The summed E-state index contributed by atoms with van der Waals surface area (Å²) in [5, 5.41) is 12.3. The number of carbonyl (C=O) groups is 1. The molecule has 2 N–H and O–H groups in total. The van der Waals surface area contributed by atoms with Gasteiger partial charge in [0.2, 0.25) is 5.91 Å². The molecule has 1 aromatic rings. The van der Waals surface area contributed by atoms with Crippen molar-refractivity contribution in [2.75, 3.05) is 19.8 Å². The van der Waals surface area contributed by atoms with Gasteiger partial charge in [0.25, 0.3) is 0 Å². The fourth-order valence-electron chi connectivity index (χ4n) is 2.27. The molecule has 0 aliphatic carbocycles. The van der Waals surface area contributed by atoms with Gasteiger partial charge in [-0.25, -0.2) is 0 Å². The Kier molecular flexibility index (Phi) is 4.43. The van der Waals surface area contributed by atoms with Crippen LogP contribution in [0, 0.1) is 5.41 Å². The second-order valence-electron chi connectivity index (χ2n) is 5.55. The summed E-state index contributed by atoms with van der Waals surface area (Å²) in [5.74, 6) is 0.194. The lowest BCUT2D eigenvalue weighted by Crippen LogP contribution is -2.39. The van der Waals surface area contributed by atoms with E-state index in [2.05, 4.69) is 12.2 Å². The molecule has 0 radical (unpaired) electrons. The summed E-state index contributed by atoms with van der Waals surface area (Å²) in [6.45, 7) is 4.43. The first-order chi connectivity index (χ1) is 9.07. The van der Waals surface area contributed by atoms with Crippen molar-refractivity contribution in [3.63, 3.8) is 0 Å². The number of hydrogen-bond donors (Lipinski definition) is 2. The van der Waals surface area contributed by atoms with E-state index < -0.39 is 0 Å². The van der Waals surface area contributed by atoms with Crippen LogP contribution in [0.25, 0.3) is 0 Å². The summed E-state index contributed by atoms with van der Waals surface area (Å²) in [7, 11) is 0. The Balaban J connectivity index is 1.81. The molecule has 2 rings (SSSR count). The summed E-state index contributed by atoms with van der Waals surface area (Å²) in [6, 6.07) is 6.81. The van der Waals surface area contributed by atoms with Crippen LogP contribution in [0.1, 0.15) is 25.3 Å². The van der Waals surface area contributed by atoms with E-state index in [1.54, 1.807) is 18.2 Å². The van der Waals surface area contributed by atoms with E-state index in [-0.39, 0.29) is 17.1 Å². The van der Waals surface area contributed by atoms with Gasteiger partial charge in [0.15, 0.2) is 0 Å². The molecular weight excluding hydrogens is 242 g/mol. The maximum absolute atomic E-state index is 11.9. The molecule has 0 bridgehead atoms. The molecule has 0 aromatic heterocycles. The highest BCUT2D eigenvalue weighted by molar-refractivity contribution is 5.78. The Bertz CT molecular complexity index is 439. The van der Waals surface area contributed by atoms with Crippen molar-refractivity contribution >= 4 is 5.91 Å². The van der Waals surface area contributed by atoms with E-state index in [9.17, 15) is 9.90 Å². The van der Waals surface area contributed by atoms with E-state index in [1.807, 2.05) is 6.07 Å². The molecule has 104 valence electrons. The molecule has 4 heteroatoms. The van der Waals surface area contributed by atoms with Gasteiger partial charge in [-0.1, -0.05) is 19.1 Å². The molecule has 0 atom stereocenters.